The first-order valence-corrected chi connectivity index (χ1v) is 9.62. The molecule has 0 radical (unpaired) electrons. The number of hydrogen-bond acceptors (Lipinski definition) is 5. The van der Waals surface area contributed by atoms with Gasteiger partial charge in [-0.1, -0.05) is 0 Å². The van der Waals surface area contributed by atoms with Crippen molar-refractivity contribution in [3.05, 3.63) is 16.8 Å². The largest absolute Gasteiger partial charge is 0.490 e. The Morgan fingerprint density at radius 2 is 1.90 bits per heavy atom. The average Bonchev–Trinajstić information content (AvgIpc) is 3.28. The standard InChI is InChI=1S/C15H22N4O2S.C2HF3O2/c1-16(2)14(21)18-6-5-15(10-18)11-19(12-4-7-22-9-12)13(20)8-17(15)3;3-2(4,5)1(6)7/h4,7,9H,5-6,8,10-11H2,1-3H3;(H,6,7). The lowest BCUT2D eigenvalue weighted by molar-refractivity contribution is -0.192. The number of alkyl halides is 3. The molecule has 1 N–H and O–H groups in total. The number of hydrogen-bond donors (Lipinski definition) is 1. The molecule has 0 aliphatic carbocycles. The average molecular weight is 436 g/mol. The fourth-order valence-corrected chi connectivity index (χ4v) is 3.99. The van der Waals surface area contributed by atoms with Gasteiger partial charge >= 0.3 is 18.2 Å². The summed E-state index contributed by atoms with van der Waals surface area (Å²) in [5, 5.41) is 11.1. The molecule has 162 valence electrons. The van der Waals surface area contributed by atoms with Gasteiger partial charge in [-0.25, -0.2) is 9.59 Å². The zero-order valence-electron chi connectivity index (χ0n) is 16.3. The topological polar surface area (TPSA) is 84.4 Å². The molecule has 29 heavy (non-hydrogen) atoms. The van der Waals surface area contributed by atoms with Crippen LogP contribution in [0.1, 0.15) is 6.42 Å². The molecule has 1 aromatic heterocycles. The first-order chi connectivity index (χ1) is 13.4. The summed E-state index contributed by atoms with van der Waals surface area (Å²) in [7, 11) is 5.55. The van der Waals surface area contributed by atoms with Gasteiger partial charge in [-0.05, 0) is 24.9 Å². The van der Waals surface area contributed by atoms with Gasteiger partial charge in [0.25, 0.3) is 0 Å². The maximum Gasteiger partial charge on any atom is 0.490 e. The molecule has 3 heterocycles. The van der Waals surface area contributed by atoms with Crippen LogP contribution in [-0.2, 0) is 9.59 Å². The van der Waals surface area contributed by atoms with Crippen molar-refractivity contribution in [2.75, 3.05) is 52.2 Å². The molecule has 2 fully saturated rings. The smallest absolute Gasteiger partial charge is 0.475 e. The summed E-state index contributed by atoms with van der Waals surface area (Å²) in [6.45, 7) is 2.47. The monoisotopic (exact) mass is 436 g/mol. The molecule has 8 nitrogen and oxygen atoms in total. The molecule has 1 aromatic rings. The summed E-state index contributed by atoms with van der Waals surface area (Å²) in [5.41, 5.74) is 0.835. The molecular formula is C17H23F3N4O4S. The minimum absolute atomic E-state index is 0.0456. The highest BCUT2D eigenvalue weighted by atomic mass is 32.1. The lowest BCUT2D eigenvalue weighted by atomic mass is 9.93. The van der Waals surface area contributed by atoms with E-state index >= 15 is 0 Å². The van der Waals surface area contributed by atoms with Crippen molar-refractivity contribution >= 4 is 34.9 Å². The Bertz CT molecular complexity index is 756. The third-order valence-corrected chi connectivity index (χ3v) is 5.65. The van der Waals surface area contributed by atoms with Crippen molar-refractivity contribution < 1.29 is 32.7 Å². The number of carbonyl (C=O) groups is 3. The van der Waals surface area contributed by atoms with Crippen LogP contribution in [0.25, 0.3) is 0 Å². The van der Waals surface area contributed by atoms with Crippen molar-refractivity contribution in [3.63, 3.8) is 0 Å². The quantitative estimate of drug-likeness (QED) is 0.726. The van der Waals surface area contributed by atoms with Crippen LogP contribution >= 0.6 is 11.3 Å². The molecule has 3 rings (SSSR count). The second kappa shape index (κ2) is 8.57. The predicted molar refractivity (Wildman–Crippen MR) is 101 cm³/mol. The van der Waals surface area contributed by atoms with Crippen LogP contribution in [-0.4, -0.2) is 96.8 Å². The number of piperazine rings is 1. The Hall–Kier alpha value is -2.34. The van der Waals surface area contributed by atoms with E-state index in [0.717, 1.165) is 18.7 Å². The van der Waals surface area contributed by atoms with E-state index in [-0.39, 0.29) is 17.5 Å². The van der Waals surface area contributed by atoms with Crippen LogP contribution in [0.3, 0.4) is 0 Å². The fourth-order valence-electron chi connectivity index (χ4n) is 3.35. The number of anilines is 1. The molecule has 1 atom stereocenters. The molecular weight excluding hydrogens is 413 g/mol. The third-order valence-electron chi connectivity index (χ3n) is 4.98. The molecule has 2 aliphatic heterocycles. The van der Waals surface area contributed by atoms with Crippen LogP contribution < -0.4 is 4.90 Å². The molecule has 2 aliphatic rings. The van der Waals surface area contributed by atoms with E-state index in [1.54, 1.807) is 30.3 Å². The van der Waals surface area contributed by atoms with Gasteiger partial charge in [0.1, 0.15) is 0 Å². The van der Waals surface area contributed by atoms with Crippen LogP contribution in [0, 0.1) is 0 Å². The second-order valence-electron chi connectivity index (χ2n) is 7.19. The van der Waals surface area contributed by atoms with E-state index in [4.69, 9.17) is 9.90 Å². The molecule has 12 heteroatoms. The second-order valence-corrected chi connectivity index (χ2v) is 7.97. The fraction of sp³-hybridized carbons (Fsp3) is 0.588. The van der Waals surface area contributed by atoms with Gasteiger partial charge in [0.05, 0.1) is 17.8 Å². The Morgan fingerprint density at radius 1 is 1.28 bits per heavy atom. The lowest BCUT2D eigenvalue weighted by Gasteiger charge is -2.46. The van der Waals surface area contributed by atoms with E-state index in [0.29, 0.717) is 19.6 Å². The number of carboxylic acid groups (broad SMARTS) is 1. The Morgan fingerprint density at radius 3 is 2.38 bits per heavy atom. The maximum absolute atomic E-state index is 12.4. The summed E-state index contributed by atoms with van der Waals surface area (Å²) in [6, 6.07) is 2.03. The van der Waals surface area contributed by atoms with Gasteiger partial charge < -0.3 is 19.8 Å². The van der Waals surface area contributed by atoms with E-state index in [2.05, 4.69) is 4.90 Å². The molecule has 3 amide bonds. The summed E-state index contributed by atoms with van der Waals surface area (Å²) < 4.78 is 31.7. The van der Waals surface area contributed by atoms with E-state index in [9.17, 15) is 22.8 Å². The highest BCUT2D eigenvalue weighted by Gasteiger charge is 2.49. The number of rotatable bonds is 1. The number of halogens is 3. The van der Waals surface area contributed by atoms with Gasteiger partial charge in [-0.3, -0.25) is 9.69 Å². The number of carbonyl (C=O) groups excluding carboxylic acids is 2. The minimum atomic E-state index is -5.08. The molecule has 1 unspecified atom stereocenters. The van der Waals surface area contributed by atoms with E-state index < -0.39 is 12.1 Å². The van der Waals surface area contributed by atoms with Gasteiger partial charge in [0.15, 0.2) is 0 Å². The normalized spacial score (nSPS) is 22.5. The molecule has 2 saturated heterocycles. The SMILES string of the molecule is CN(C)C(=O)N1CCC2(C1)CN(c1ccsc1)C(=O)CN2C.O=C(O)C(F)(F)F. The van der Waals surface area contributed by atoms with Crippen molar-refractivity contribution in [2.45, 2.75) is 18.1 Å². The van der Waals surface area contributed by atoms with Crippen molar-refractivity contribution in [1.29, 1.82) is 0 Å². The highest BCUT2D eigenvalue weighted by Crippen LogP contribution is 2.34. The molecule has 0 aromatic carbocycles. The predicted octanol–water partition coefficient (Wildman–Crippen LogP) is 1.79. The highest BCUT2D eigenvalue weighted by molar-refractivity contribution is 7.08. The number of likely N-dealkylation sites (tertiary alicyclic amines) is 1. The van der Waals surface area contributed by atoms with Crippen LogP contribution in [0.2, 0.25) is 0 Å². The van der Waals surface area contributed by atoms with Crippen LogP contribution in [0.5, 0.6) is 0 Å². The van der Waals surface area contributed by atoms with Gasteiger partial charge in [0, 0.05) is 39.1 Å². The van der Waals surface area contributed by atoms with E-state index in [1.165, 1.54) is 0 Å². The van der Waals surface area contributed by atoms with Crippen molar-refractivity contribution in [1.82, 2.24) is 14.7 Å². The van der Waals surface area contributed by atoms with E-state index in [1.807, 2.05) is 33.7 Å². The lowest BCUT2D eigenvalue weighted by Crippen LogP contribution is -2.64. The zero-order valence-corrected chi connectivity index (χ0v) is 17.1. The van der Waals surface area contributed by atoms with Crippen LogP contribution in [0.15, 0.2) is 16.8 Å². The number of amides is 3. The Kier molecular flexibility index (Phi) is 6.78. The van der Waals surface area contributed by atoms with Gasteiger partial charge in [-0.15, -0.1) is 0 Å². The number of urea groups is 1. The Labute approximate surface area is 170 Å². The summed E-state index contributed by atoms with van der Waals surface area (Å²) >= 11 is 1.60. The van der Waals surface area contributed by atoms with Crippen molar-refractivity contribution in [2.24, 2.45) is 0 Å². The van der Waals surface area contributed by atoms with Gasteiger partial charge in [0.2, 0.25) is 5.91 Å². The molecule has 1 spiro atoms. The third kappa shape index (κ3) is 5.18. The first kappa shape index (κ1) is 22.9. The van der Waals surface area contributed by atoms with Crippen LogP contribution in [0.4, 0.5) is 23.7 Å². The number of aliphatic carboxylic acids is 1. The van der Waals surface area contributed by atoms with Crippen molar-refractivity contribution in [3.8, 4) is 0 Å². The summed E-state index contributed by atoms with van der Waals surface area (Å²) in [5.74, 6) is -2.63. The minimum Gasteiger partial charge on any atom is -0.475 e. The number of likely N-dealkylation sites (N-methyl/N-ethyl adjacent to an activating group) is 1. The number of thiophene rings is 1. The number of carboxylic acids is 1. The molecule has 0 saturated carbocycles. The Balaban J connectivity index is 0.000000370. The maximum atomic E-state index is 12.4. The number of nitrogens with zero attached hydrogens (tertiary/aromatic N) is 4. The zero-order chi connectivity index (χ0) is 22.0. The summed E-state index contributed by atoms with van der Waals surface area (Å²) in [4.78, 5) is 41.0. The van der Waals surface area contributed by atoms with Gasteiger partial charge in [-0.2, -0.15) is 24.5 Å². The first-order valence-electron chi connectivity index (χ1n) is 8.67. The molecule has 0 bridgehead atoms. The summed E-state index contributed by atoms with van der Waals surface area (Å²) in [6.07, 6.45) is -4.18.